The van der Waals surface area contributed by atoms with Crippen LogP contribution in [0.15, 0.2) is 28.7 Å². The maximum atomic E-state index is 11.9. The number of amides is 3. The van der Waals surface area contributed by atoms with Crippen molar-refractivity contribution in [3.05, 3.63) is 28.7 Å². The second-order valence-corrected chi connectivity index (χ2v) is 5.41. The van der Waals surface area contributed by atoms with Gasteiger partial charge in [0, 0.05) is 10.0 Å². The Morgan fingerprint density at radius 2 is 1.88 bits per heavy atom. The Hall–Kier alpha value is -2.50. The van der Waals surface area contributed by atoms with E-state index in [1.54, 1.807) is 29.6 Å². The molecular formula is C12H10BrF3N6O2. The van der Waals surface area contributed by atoms with E-state index < -0.39 is 31.2 Å². The molecule has 0 atom stereocenters. The van der Waals surface area contributed by atoms with Crippen LogP contribution in [0.1, 0.15) is 0 Å². The zero-order valence-corrected chi connectivity index (χ0v) is 13.4. The highest BCUT2D eigenvalue weighted by atomic mass is 79.9. The van der Waals surface area contributed by atoms with Gasteiger partial charge in [-0.2, -0.15) is 18.0 Å². The van der Waals surface area contributed by atoms with Gasteiger partial charge in [-0.05, 0) is 29.5 Å². The summed E-state index contributed by atoms with van der Waals surface area (Å²) in [6, 6.07) is 5.75. The molecule has 3 amide bonds. The molecule has 2 rings (SSSR count). The van der Waals surface area contributed by atoms with Crippen molar-refractivity contribution in [1.29, 1.82) is 0 Å². The van der Waals surface area contributed by atoms with Crippen LogP contribution in [0.3, 0.4) is 0 Å². The van der Waals surface area contributed by atoms with E-state index in [1.807, 2.05) is 0 Å². The minimum atomic E-state index is -4.56. The predicted octanol–water partition coefficient (Wildman–Crippen LogP) is 1.49. The fourth-order valence-corrected chi connectivity index (χ4v) is 1.81. The lowest BCUT2D eigenvalue weighted by atomic mass is 10.2. The number of aromatic nitrogens is 4. The zero-order chi connectivity index (χ0) is 17.7. The first-order chi connectivity index (χ1) is 11.2. The first-order valence-corrected chi connectivity index (χ1v) is 7.20. The third kappa shape index (κ3) is 5.61. The normalized spacial score (nSPS) is 11.2. The van der Waals surface area contributed by atoms with Gasteiger partial charge in [0.25, 0.3) is 5.91 Å². The molecule has 0 spiro atoms. The van der Waals surface area contributed by atoms with Crippen LogP contribution >= 0.6 is 15.9 Å². The fourth-order valence-electron chi connectivity index (χ4n) is 1.54. The lowest BCUT2D eigenvalue weighted by Gasteiger charge is -2.08. The summed E-state index contributed by atoms with van der Waals surface area (Å²) in [7, 11) is 0. The molecule has 128 valence electrons. The van der Waals surface area contributed by atoms with Crippen LogP contribution in [0.4, 0.5) is 18.0 Å². The van der Waals surface area contributed by atoms with Crippen LogP contribution < -0.4 is 10.6 Å². The van der Waals surface area contributed by atoms with E-state index in [2.05, 4.69) is 31.3 Å². The topological polar surface area (TPSA) is 102 Å². The highest BCUT2D eigenvalue weighted by Gasteiger charge is 2.28. The molecule has 1 aromatic heterocycles. The molecule has 2 aromatic rings. The van der Waals surface area contributed by atoms with Crippen molar-refractivity contribution >= 4 is 27.9 Å². The largest absolute Gasteiger partial charge is 0.405 e. The van der Waals surface area contributed by atoms with E-state index in [0.29, 0.717) is 5.56 Å². The number of urea groups is 1. The van der Waals surface area contributed by atoms with Crippen molar-refractivity contribution in [3.8, 4) is 11.4 Å². The van der Waals surface area contributed by atoms with Crippen LogP contribution in [0.2, 0.25) is 0 Å². The third-order valence-electron chi connectivity index (χ3n) is 2.54. The molecule has 24 heavy (non-hydrogen) atoms. The molecule has 0 saturated heterocycles. The lowest BCUT2D eigenvalue weighted by Crippen LogP contribution is -2.44. The average Bonchev–Trinajstić information content (AvgIpc) is 2.93. The Morgan fingerprint density at radius 1 is 1.21 bits per heavy atom. The minimum absolute atomic E-state index is 0.261. The van der Waals surface area contributed by atoms with Gasteiger partial charge in [-0.3, -0.25) is 10.1 Å². The van der Waals surface area contributed by atoms with Gasteiger partial charge in [-0.15, -0.1) is 10.2 Å². The zero-order valence-electron chi connectivity index (χ0n) is 11.8. The van der Waals surface area contributed by atoms with Crippen LogP contribution in [0.25, 0.3) is 11.4 Å². The number of nitrogens with one attached hydrogen (secondary N) is 2. The second-order valence-electron chi connectivity index (χ2n) is 4.50. The Morgan fingerprint density at radius 3 is 2.50 bits per heavy atom. The van der Waals surface area contributed by atoms with Gasteiger partial charge in [-0.1, -0.05) is 15.9 Å². The van der Waals surface area contributed by atoms with E-state index >= 15 is 0 Å². The Labute approximate surface area is 141 Å². The molecule has 0 saturated carbocycles. The van der Waals surface area contributed by atoms with E-state index in [4.69, 9.17) is 0 Å². The van der Waals surface area contributed by atoms with Gasteiger partial charge in [-0.25, -0.2) is 4.79 Å². The standard InChI is InChI=1S/C12H10BrF3N6O2/c13-8-3-1-7(2-4-8)10-19-21-22(20-10)5-9(23)18-11(24)17-6-12(14,15)16/h1-4H,5-6H2,(H2,17,18,23,24). The van der Waals surface area contributed by atoms with Gasteiger partial charge in [0.15, 0.2) is 0 Å². The molecule has 0 bridgehead atoms. The summed E-state index contributed by atoms with van der Waals surface area (Å²) in [5.74, 6) is -0.619. The molecular weight excluding hydrogens is 397 g/mol. The maximum Gasteiger partial charge on any atom is 0.405 e. The van der Waals surface area contributed by atoms with Crippen molar-refractivity contribution in [3.63, 3.8) is 0 Å². The number of carbonyl (C=O) groups is 2. The number of halogens is 4. The summed E-state index contributed by atoms with van der Waals surface area (Å²) < 4.78 is 36.6. The van der Waals surface area contributed by atoms with E-state index in [1.165, 1.54) is 5.32 Å². The number of hydrogen-bond donors (Lipinski definition) is 2. The number of tetrazole rings is 1. The van der Waals surface area contributed by atoms with Gasteiger partial charge >= 0.3 is 12.2 Å². The fraction of sp³-hybridized carbons (Fsp3) is 0.250. The first-order valence-electron chi connectivity index (χ1n) is 6.41. The third-order valence-corrected chi connectivity index (χ3v) is 3.07. The number of benzene rings is 1. The molecule has 1 aromatic carbocycles. The molecule has 0 radical (unpaired) electrons. The van der Waals surface area contributed by atoms with Gasteiger partial charge in [0.05, 0.1) is 0 Å². The molecule has 0 aliphatic heterocycles. The van der Waals surface area contributed by atoms with Crippen LogP contribution in [-0.4, -0.2) is 44.9 Å². The monoisotopic (exact) mass is 406 g/mol. The Balaban J connectivity index is 1.88. The average molecular weight is 407 g/mol. The molecule has 0 unspecified atom stereocenters. The molecule has 0 fully saturated rings. The van der Waals surface area contributed by atoms with Crippen molar-refractivity contribution < 1.29 is 22.8 Å². The second kappa shape index (κ2) is 7.38. The van der Waals surface area contributed by atoms with Gasteiger partial charge in [0.1, 0.15) is 13.1 Å². The molecule has 0 aliphatic rings. The number of carbonyl (C=O) groups excluding carboxylic acids is 2. The lowest BCUT2D eigenvalue weighted by molar-refractivity contribution is -0.125. The summed E-state index contributed by atoms with van der Waals surface area (Å²) in [4.78, 5) is 23.6. The molecule has 0 aliphatic carbocycles. The summed E-state index contributed by atoms with van der Waals surface area (Å²) in [5, 5.41) is 14.6. The number of nitrogens with zero attached hydrogens (tertiary/aromatic N) is 4. The van der Waals surface area contributed by atoms with Crippen molar-refractivity contribution in [1.82, 2.24) is 30.8 Å². The number of imide groups is 1. The van der Waals surface area contributed by atoms with E-state index in [9.17, 15) is 22.8 Å². The van der Waals surface area contributed by atoms with Crippen molar-refractivity contribution in [2.75, 3.05) is 6.54 Å². The van der Waals surface area contributed by atoms with Crippen LogP contribution in [-0.2, 0) is 11.3 Å². The van der Waals surface area contributed by atoms with Crippen LogP contribution in [0.5, 0.6) is 0 Å². The summed E-state index contributed by atoms with van der Waals surface area (Å²) in [5.41, 5.74) is 0.660. The SMILES string of the molecule is O=C(Cn1nnc(-c2ccc(Br)cc2)n1)NC(=O)NCC(F)(F)F. The van der Waals surface area contributed by atoms with E-state index in [0.717, 1.165) is 9.27 Å². The number of hydrogen-bond acceptors (Lipinski definition) is 5. The highest BCUT2D eigenvalue weighted by molar-refractivity contribution is 9.10. The Kier molecular flexibility index (Phi) is 5.49. The van der Waals surface area contributed by atoms with Gasteiger partial charge < -0.3 is 5.32 Å². The maximum absolute atomic E-state index is 11.9. The van der Waals surface area contributed by atoms with Crippen molar-refractivity contribution in [2.45, 2.75) is 12.7 Å². The molecule has 12 heteroatoms. The molecule has 2 N–H and O–H groups in total. The van der Waals surface area contributed by atoms with Crippen molar-refractivity contribution in [2.24, 2.45) is 0 Å². The van der Waals surface area contributed by atoms with Crippen LogP contribution in [0, 0.1) is 0 Å². The minimum Gasteiger partial charge on any atom is -0.329 e. The molecule has 8 nitrogen and oxygen atoms in total. The first kappa shape index (κ1) is 17.8. The van der Waals surface area contributed by atoms with Gasteiger partial charge in [0.2, 0.25) is 5.82 Å². The Bertz CT molecular complexity index is 731. The molecule has 1 heterocycles. The predicted molar refractivity (Wildman–Crippen MR) is 78.5 cm³/mol. The van der Waals surface area contributed by atoms with E-state index in [-0.39, 0.29) is 5.82 Å². The highest BCUT2D eigenvalue weighted by Crippen LogP contribution is 2.17. The number of rotatable bonds is 4. The summed E-state index contributed by atoms with van der Waals surface area (Å²) >= 11 is 3.28. The summed E-state index contributed by atoms with van der Waals surface area (Å²) in [6.45, 7) is -2.01. The smallest absolute Gasteiger partial charge is 0.329 e. The summed E-state index contributed by atoms with van der Waals surface area (Å²) in [6.07, 6.45) is -4.56. The number of alkyl halides is 3. The quantitative estimate of drug-likeness (QED) is 0.800.